The van der Waals surface area contributed by atoms with Crippen molar-refractivity contribution in [3.8, 4) is 5.75 Å². The highest BCUT2D eigenvalue weighted by Crippen LogP contribution is 2.32. The van der Waals surface area contributed by atoms with Crippen molar-refractivity contribution < 1.29 is 18.1 Å². The molecule has 0 bridgehead atoms. The number of halogens is 1. The van der Waals surface area contributed by atoms with Gasteiger partial charge < -0.3 is 4.74 Å². The maximum Gasteiger partial charge on any atom is 0.271 e. The molecule has 0 fully saturated rings. The van der Waals surface area contributed by atoms with Crippen LogP contribution < -0.4 is 9.88 Å². The van der Waals surface area contributed by atoms with E-state index >= 15 is 0 Å². The van der Waals surface area contributed by atoms with Crippen LogP contribution in [0.2, 0.25) is 0 Å². The quantitative estimate of drug-likeness (QED) is 0.642. The number of primary sulfonamides is 1. The van der Waals surface area contributed by atoms with Crippen molar-refractivity contribution in [1.29, 1.82) is 0 Å². The summed E-state index contributed by atoms with van der Waals surface area (Å²) in [5.41, 5.74) is -0.0708. The number of nitro groups is 1. The van der Waals surface area contributed by atoms with Gasteiger partial charge in [-0.2, -0.15) is 0 Å². The Morgan fingerprint density at radius 1 is 1.58 bits per heavy atom. The van der Waals surface area contributed by atoms with Gasteiger partial charge in [-0.05, 0) is 12.5 Å². The molecule has 0 saturated carbocycles. The minimum absolute atomic E-state index is 0.0151. The van der Waals surface area contributed by atoms with Gasteiger partial charge in [0.15, 0.2) is 0 Å². The second-order valence-electron chi connectivity index (χ2n) is 3.70. The molecule has 0 saturated heterocycles. The van der Waals surface area contributed by atoms with Crippen LogP contribution in [0.3, 0.4) is 0 Å². The Balaban J connectivity index is 3.44. The molecule has 0 amide bonds. The fourth-order valence-electron chi connectivity index (χ4n) is 1.38. The SMILES string of the molecule is C=C(Br)COc1c(C)cc([N+](=O)[O-])cc1S(N)(=O)=O. The number of nitro benzene ring substituents is 1. The monoisotopic (exact) mass is 350 g/mol. The number of aryl methyl sites for hydroxylation is 1. The summed E-state index contributed by atoms with van der Waals surface area (Å²) >= 11 is 3.06. The van der Waals surface area contributed by atoms with Crippen LogP contribution in [0.25, 0.3) is 0 Å². The molecule has 0 heterocycles. The normalized spacial score (nSPS) is 11.1. The van der Waals surface area contributed by atoms with Crippen molar-refractivity contribution in [3.63, 3.8) is 0 Å². The minimum Gasteiger partial charge on any atom is -0.487 e. The molecule has 0 aliphatic carbocycles. The molecule has 0 spiro atoms. The number of rotatable bonds is 5. The summed E-state index contributed by atoms with van der Waals surface area (Å²) in [4.78, 5) is 9.59. The van der Waals surface area contributed by atoms with E-state index in [9.17, 15) is 18.5 Å². The third-order valence-electron chi connectivity index (χ3n) is 2.12. The molecule has 7 nitrogen and oxygen atoms in total. The summed E-state index contributed by atoms with van der Waals surface area (Å²) in [6.45, 7) is 5.05. The maximum absolute atomic E-state index is 11.5. The van der Waals surface area contributed by atoms with Crippen LogP contribution in [0.1, 0.15) is 5.56 Å². The number of nitrogens with zero attached hydrogens (tertiary/aromatic N) is 1. The van der Waals surface area contributed by atoms with Crippen molar-refractivity contribution in [2.75, 3.05) is 6.61 Å². The molecule has 2 N–H and O–H groups in total. The number of benzene rings is 1. The van der Waals surface area contributed by atoms with Gasteiger partial charge in [-0.1, -0.05) is 22.5 Å². The van der Waals surface area contributed by atoms with E-state index in [1.54, 1.807) is 0 Å². The number of nitrogens with two attached hydrogens (primary N) is 1. The Hall–Kier alpha value is -1.45. The third-order valence-corrected chi connectivity index (χ3v) is 3.26. The van der Waals surface area contributed by atoms with E-state index in [0.29, 0.717) is 10.0 Å². The van der Waals surface area contributed by atoms with Crippen LogP contribution in [0.4, 0.5) is 5.69 Å². The molecular formula is C10H11BrN2O5S. The molecule has 0 aliphatic heterocycles. The number of non-ortho nitro benzene ring substituents is 1. The molecule has 0 atom stereocenters. The van der Waals surface area contributed by atoms with Gasteiger partial charge in [-0.15, -0.1) is 0 Å². The van der Waals surface area contributed by atoms with Gasteiger partial charge in [0.1, 0.15) is 17.3 Å². The molecular weight excluding hydrogens is 340 g/mol. The summed E-state index contributed by atoms with van der Waals surface area (Å²) < 4.78 is 28.7. The molecule has 0 aromatic heterocycles. The lowest BCUT2D eigenvalue weighted by Gasteiger charge is -2.12. The first kappa shape index (κ1) is 15.6. The zero-order valence-electron chi connectivity index (χ0n) is 9.92. The van der Waals surface area contributed by atoms with E-state index in [1.807, 2.05) is 0 Å². The molecule has 0 aliphatic rings. The van der Waals surface area contributed by atoms with E-state index in [2.05, 4.69) is 22.5 Å². The second-order valence-corrected chi connectivity index (χ2v) is 6.35. The Morgan fingerprint density at radius 2 is 2.16 bits per heavy atom. The highest BCUT2D eigenvalue weighted by molar-refractivity contribution is 9.11. The van der Waals surface area contributed by atoms with Gasteiger partial charge in [0, 0.05) is 16.6 Å². The van der Waals surface area contributed by atoms with Crippen molar-refractivity contribution >= 4 is 31.6 Å². The van der Waals surface area contributed by atoms with E-state index in [0.717, 1.165) is 6.07 Å². The van der Waals surface area contributed by atoms with Crippen LogP contribution in [0, 0.1) is 17.0 Å². The summed E-state index contributed by atoms with van der Waals surface area (Å²) in [5.74, 6) is -0.0197. The number of ether oxygens (including phenoxy) is 1. The van der Waals surface area contributed by atoms with Crippen molar-refractivity contribution in [2.45, 2.75) is 11.8 Å². The number of hydrogen-bond acceptors (Lipinski definition) is 5. The largest absolute Gasteiger partial charge is 0.487 e. The van der Waals surface area contributed by atoms with Gasteiger partial charge in [-0.25, -0.2) is 13.6 Å². The van der Waals surface area contributed by atoms with Crippen LogP contribution in [-0.4, -0.2) is 19.9 Å². The topological polar surface area (TPSA) is 113 Å². The standard InChI is InChI=1S/C10H11BrN2O5S/c1-6-3-8(13(14)15)4-9(19(12,16)17)10(6)18-5-7(2)11/h3-4H,2,5H2,1H3,(H2,12,16,17). The number of sulfonamides is 1. The molecule has 1 aromatic carbocycles. The second kappa shape index (κ2) is 5.68. The molecule has 1 rings (SSSR count). The van der Waals surface area contributed by atoms with Gasteiger partial charge in [-0.3, -0.25) is 10.1 Å². The van der Waals surface area contributed by atoms with Crippen LogP contribution >= 0.6 is 15.9 Å². The first-order valence-electron chi connectivity index (χ1n) is 4.91. The first-order valence-corrected chi connectivity index (χ1v) is 7.24. The molecule has 1 aromatic rings. The lowest BCUT2D eigenvalue weighted by molar-refractivity contribution is -0.385. The van der Waals surface area contributed by atoms with Gasteiger partial charge in [0.05, 0.1) is 4.92 Å². The first-order chi connectivity index (χ1) is 8.62. The predicted molar refractivity (Wildman–Crippen MR) is 72.8 cm³/mol. The minimum atomic E-state index is -4.13. The number of hydrogen-bond donors (Lipinski definition) is 1. The zero-order chi connectivity index (χ0) is 14.8. The lowest BCUT2D eigenvalue weighted by Crippen LogP contribution is -2.15. The highest BCUT2D eigenvalue weighted by Gasteiger charge is 2.22. The fourth-order valence-corrected chi connectivity index (χ4v) is 2.25. The highest BCUT2D eigenvalue weighted by atomic mass is 79.9. The smallest absolute Gasteiger partial charge is 0.271 e. The Labute approximate surface area is 118 Å². The molecule has 9 heteroatoms. The molecule has 19 heavy (non-hydrogen) atoms. The van der Waals surface area contributed by atoms with Crippen LogP contribution in [0.15, 0.2) is 28.1 Å². The van der Waals surface area contributed by atoms with E-state index < -0.39 is 19.8 Å². The Morgan fingerprint density at radius 3 is 2.58 bits per heavy atom. The summed E-state index contributed by atoms with van der Waals surface area (Å²) in [6.07, 6.45) is 0. The van der Waals surface area contributed by atoms with Crippen LogP contribution in [-0.2, 0) is 10.0 Å². The Bertz CT molecular complexity index is 642. The molecule has 0 unspecified atom stereocenters. The average molecular weight is 351 g/mol. The molecule has 104 valence electrons. The van der Waals surface area contributed by atoms with Gasteiger partial charge >= 0.3 is 0 Å². The van der Waals surface area contributed by atoms with Crippen molar-refractivity contribution in [2.24, 2.45) is 5.14 Å². The Kier molecular flexibility index (Phi) is 4.66. The van der Waals surface area contributed by atoms with E-state index in [-0.39, 0.29) is 18.0 Å². The van der Waals surface area contributed by atoms with Gasteiger partial charge in [0.25, 0.3) is 5.69 Å². The van der Waals surface area contributed by atoms with Crippen molar-refractivity contribution in [3.05, 3.63) is 38.9 Å². The maximum atomic E-state index is 11.5. The van der Waals surface area contributed by atoms with Crippen molar-refractivity contribution in [1.82, 2.24) is 0 Å². The third kappa shape index (κ3) is 4.01. The predicted octanol–water partition coefficient (Wildman–Crippen LogP) is 1.84. The zero-order valence-corrected chi connectivity index (χ0v) is 12.3. The lowest BCUT2D eigenvalue weighted by atomic mass is 10.2. The van der Waals surface area contributed by atoms with E-state index in [1.165, 1.54) is 13.0 Å². The van der Waals surface area contributed by atoms with Crippen LogP contribution in [0.5, 0.6) is 5.75 Å². The summed E-state index contributed by atoms with van der Waals surface area (Å²) in [5, 5.41) is 15.8. The summed E-state index contributed by atoms with van der Waals surface area (Å²) in [7, 11) is -4.13. The molecule has 0 radical (unpaired) electrons. The van der Waals surface area contributed by atoms with E-state index in [4.69, 9.17) is 9.88 Å². The van der Waals surface area contributed by atoms with Gasteiger partial charge in [0.2, 0.25) is 10.0 Å². The summed E-state index contributed by atoms with van der Waals surface area (Å²) in [6, 6.07) is 2.08. The fraction of sp³-hybridized carbons (Fsp3) is 0.200. The average Bonchev–Trinajstić information content (AvgIpc) is 2.24.